The number of hydrogen-bond donors (Lipinski definition) is 1. The molecule has 2 atom stereocenters. The number of carbonyl (C=O) groups is 2. The van der Waals surface area contributed by atoms with Gasteiger partial charge in [-0.3, -0.25) is 9.59 Å². The molecule has 3 aromatic rings. The molecule has 2 amide bonds. The number of fused-ring (bicyclic) bond motifs is 2. The van der Waals surface area contributed by atoms with Crippen LogP contribution in [0.2, 0.25) is 0 Å². The molecule has 3 heterocycles. The second kappa shape index (κ2) is 8.19. The van der Waals surface area contributed by atoms with Crippen LogP contribution in [0.5, 0.6) is 0 Å². The molecule has 0 saturated carbocycles. The first kappa shape index (κ1) is 19.2. The molecule has 5 rings (SSSR count). The van der Waals surface area contributed by atoms with Crippen LogP contribution < -0.4 is 5.32 Å². The Labute approximate surface area is 180 Å². The smallest absolute Gasteiger partial charge is 0.227 e. The van der Waals surface area contributed by atoms with Crippen molar-refractivity contribution in [3.63, 3.8) is 0 Å². The minimum Gasteiger partial charge on any atom is -0.342 e. The third-order valence-corrected chi connectivity index (χ3v) is 7.45. The van der Waals surface area contributed by atoms with Crippen LogP contribution in [0.1, 0.15) is 42.2 Å². The summed E-state index contributed by atoms with van der Waals surface area (Å²) in [4.78, 5) is 32.1. The van der Waals surface area contributed by atoms with Gasteiger partial charge < -0.3 is 10.2 Å². The lowest BCUT2D eigenvalue weighted by molar-refractivity contribution is -0.133. The number of nitrogens with one attached hydrogen (secondary N) is 1. The average molecular weight is 420 g/mol. The molecule has 5 nitrogen and oxygen atoms in total. The first-order chi connectivity index (χ1) is 14.7. The number of anilines is 1. The SMILES string of the molecule is O=C1Nc2ccccc2C[C@@H]1CCC(=O)N1CCC[C@H](c2nc3ccccc3s2)C1. The van der Waals surface area contributed by atoms with Crippen molar-refractivity contribution in [2.45, 2.75) is 38.0 Å². The van der Waals surface area contributed by atoms with E-state index in [1.54, 1.807) is 11.3 Å². The molecule has 1 aromatic heterocycles. The van der Waals surface area contributed by atoms with Crippen LogP contribution in [0, 0.1) is 5.92 Å². The van der Waals surface area contributed by atoms with Gasteiger partial charge in [0.1, 0.15) is 0 Å². The molecule has 0 aliphatic carbocycles. The van der Waals surface area contributed by atoms with E-state index in [0.29, 0.717) is 25.2 Å². The Bertz CT molecular complexity index is 1060. The highest BCUT2D eigenvalue weighted by Crippen LogP contribution is 2.33. The van der Waals surface area contributed by atoms with Crippen molar-refractivity contribution < 1.29 is 9.59 Å². The lowest BCUT2D eigenvalue weighted by Gasteiger charge is -2.32. The number of carbonyl (C=O) groups excluding carboxylic acids is 2. The van der Waals surface area contributed by atoms with Gasteiger partial charge in [0.05, 0.1) is 15.2 Å². The quantitative estimate of drug-likeness (QED) is 0.673. The third-order valence-electron chi connectivity index (χ3n) is 6.25. The van der Waals surface area contributed by atoms with E-state index in [1.165, 1.54) is 4.70 Å². The predicted molar refractivity (Wildman–Crippen MR) is 120 cm³/mol. The molecule has 1 fully saturated rings. The molecule has 0 unspecified atom stereocenters. The van der Waals surface area contributed by atoms with Crippen molar-refractivity contribution in [1.29, 1.82) is 0 Å². The van der Waals surface area contributed by atoms with Crippen LogP contribution in [0.4, 0.5) is 5.69 Å². The van der Waals surface area contributed by atoms with Crippen molar-refractivity contribution >= 4 is 39.1 Å². The van der Waals surface area contributed by atoms with Crippen molar-refractivity contribution in [2.75, 3.05) is 18.4 Å². The van der Waals surface area contributed by atoms with Gasteiger partial charge in [0.25, 0.3) is 0 Å². The minimum atomic E-state index is -0.131. The third kappa shape index (κ3) is 3.84. The second-order valence-electron chi connectivity index (χ2n) is 8.28. The van der Waals surface area contributed by atoms with Crippen LogP contribution in [-0.2, 0) is 16.0 Å². The molecule has 0 bridgehead atoms. The average Bonchev–Trinajstić information content (AvgIpc) is 3.22. The Balaban J connectivity index is 1.20. The zero-order chi connectivity index (χ0) is 20.5. The number of rotatable bonds is 4. The first-order valence-corrected chi connectivity index (χ1v) is 11.5. The summed E-state index contributed by atoms with van der Waals surface area (Å²) in [5.74, 6) is 0.374. The van der Waals surface area contributed by atoms with Crippen LogP contribution >= 0.6 is 11.3 Å². The maximum absolute atomic E-state index is 12.9. The number of piperidine rings is 1. The molecule has 1 N–H and O–H groups in total. The molecule has 0 radical (unpaired) electrons. The number of aromatic nitrogens is 1. The van der Waals surface area contributed by atoms with Gasteiger partial charge in [-0.25, -0.2) is 4.98 Å². The maximum Gasteiger partial charge on any atom is 0.227 e. The molecule has 0 spiro atoms. The van der Waals surface area contributed by atoms with Gasteiger partial charge in [-0.05, 0) is 49.4 Å². The van der Waals surface area contributed by atoms with Crippen molar-refractivity contribution in [2.24, 2.45) is 5.92 Å². The monoisotopic (exact) mass is 419 g/mol. The molecule has 2 aromatic carbocycles. The topological polar surface area (TPSA) is 62.3 Å². The fourth-order valence-corrected chi connectivity index (χ4v) is 5.67. The number of amides is 2. The number of benzene rings is 2. The summed E-state index contributed by atoms with van der Waals surface area (Å²) >= 11 is 1.75. The Morgan fingerprint density at radius 3 is 2.90 bits per heavy atom. The molecular formula is C24H25N3O2S. The van der Waals surface area contributed by atoms with Crippen LogP contribution in [0.3, 0.4) is 0 Å². The highest BCUT2D eigenvalue weighted by molar-refractivity contribution is 7.18. The zero-order valence-corrected chi connectivity index (χ0v) is 17.7. The summed E-state index contributed by atoms with van der Waals surface area (Å²) < 4.78 is 1.21. The van der Waals surface area contributed by atoms with E-state index in [2.05, 4.69) is 23.5 Å². The molecule has 6 heteroatoms. The van der Waals surface area contributed by atoms with Crippen molar-refractivity contribution in [3.8, 4) is 0 Å². The summed E-state index contributed by atoms with van der Waals surface area (Å²) in [5, 5.41) is 4.12. The van der Waals surface area contributed by atoms with Gasteiger partial charge in [-0.15, -0.1) is 11.3 Å². The highest BCUT2D eigenvalue weighted by atomic mass is 32.1. The van der Waals surface area contributed by atoms with Gasteiger partial charge in [-0.2, -0.15) is 0 Å². The lowest BCUT2D eigenvalue weighted by atomic mass is 9.89. The Morgan fingerprint density at radius 2 is 2.00 bits per heavy atom. The highest BCUT2D eigenvalue weighted by Gasteiger charge is 2.30. The van der Waals surface area contributed by atoms with Crippen LogP contribution in [0.25, 0.3) is 10.2 Å². The molecule has 2 aliphatic rings. The van der Waals surface area contributed by atoms with E-state index in [0.717, 1.165) is 47.7 Å². The number of hydrogen-bond acceptors (Lipinski definition) is 4. The molecule has 154 valence electrons. The first-order valence-electron chi connectivity index (χ1n) is 10.7. The van der Waals surface area contributed by atoms with E-state index in [4.69, 9.17) is 4.98 Å². The number of nitrogens with zero attached hydrogens (tertiary/aromatic N) is 2. The normalized spacial score (nSPS) is 21.3. The van der Waals surface area contributed by atoms with Gasteiger partial charge in [0.2, 0.25) is 11.8 Å². The van der Waals surface area contributed by atoms with Crippen molar-refractivity contribution in [1.82, 2.24) is 9.88 Å². The van der Waals surface area contributed by atoms with Crippen LogP contribution in [0.15, 0.2) is 48.5 Å². The summed E-state index contributed by atoms with van der Waals surface area (Å²) in [6.07, 6.45) is 3.81. The van der Waals surface area contributed by atoms with E-state index in [9.17, 15) is 9.59 Å². The molecule has 1 saturated heterocycles. The van der Waals surface area contributed by atoms with Gasteiger partial charge >= 0.3 is 0 Å². The standard InChI is InChI=1S/C24H25N3O2S/c28-22(12-11-17-14-16-6-1-2-8-19(16)25-23(17)29)27-13-5-7-18(15-27)24-26-20-9-3-4-10-21(20)30-24/h1-4,6,8-10,17-18H,5,7,11-15H2,(H,25,29)/t17-,18-/m0/s1. The van der Waals surface area contributed by atoms with Gasteiger partial charge in [0, 0.05) is 37.0 Å². The minimum absolute atomic E-state index is 0.0347. The molecule has 2 aliphatic heterocycles. The Hall–Kier alpha value is -2.73. The van der Waals surface area contributed by atoms with Gasteiger partial charge in [0.15, 0.2) is 0 Å². The fourth-order valence-electron chi connectivity index (χ4n) is 4.57. The predicted octanol–water partition coefficient (Wildman–Crippen LogP) is 4.59. The fraction of sp³-hybridized carbons (Fsp3) is 0.375. The van der Waals surface area contributed by atoms with Crippen molar-refractivity contribution in [3.05, 3.63) is 59.1 Å². The largest absolute Gasteiger partial charge is 0.342 e. The summed E-state index contributed by atoms with van der Waals surface area (Å²) in [7, 11) is 0. The van der Waals surface area contributed by atoms with E-state index in [1.807, 2.05) is 35.2 Å². The zero-order valence-electron chi connectivity index (χ0n) is 16.8. The van der Waals surface area contributed by atoms with Crippen LogP contribution in [-0.4, -0.2) is 34.8 Å². The molecule has 30 heavy (non-hydrogen) atoms. The van der Waals surface area contributed by atoms with E-state index < -0.39 is 0 Å². The summed E-state index contributed by atoms with van der Waals surface area (Å²) in [6.45, 7) is 1.54. The summed E-state index contributed by atoms with van der Waals surface area (Å²) in [6, 6.07) is 16.1. The second-order valence-corrected chi connectivity index (χ2v) is 9.35. The van der Waals surface area contributed by atoms with E-state index in [-0.39, 0.29) is 17.7 Å². The Kier molecular flexibility index (Phi) is 5.25. The maximum atomic E-state index is 12.9. The number of para-hydroxylation sites is 2. The van der Waals surface area contributed by atoms with E-state index >= 15 is 0 Å². The molecular weight excluding hydrogens is 394 g/mol. The summed E-state index contributed by atoms with van der Waals surface area (Å²) in [5.41, 5.74) is 3.10. The number of thiazole rings is 1. The lowest BCUT2D eigenvalue weighted by Crippen LogP contribution is -2.39. The number of likely N-dealkylation sites (tertiary alicyclic amines) is 1. The Morgan fingerprint density at radius 1 is 1.17 bits per heavy atom. The van der Waals surface area contributed by atoms with Gasteiger partial charge in [-0.1, -0.05) is 30.3 Å².